The second-order valence-corrected chi connectivity index (χ2v) is 7.52. The molecule has 2 saturated heterocycles. The fraction of sp³-hybridized carbons (Fsp3) is 0.611. The van der Waals surface area contributed by atoms with Crippen LogP contribution in [0, 0.1) is 0 Å². The topological polar surface area (TPSA) is 23.6 Å². The average Bonchev–Trinajstić information content (AvgIpc) is 2.49. The number of carbonyl (C=O) groups excluding carboxylic acids is 1. The Labute approximate surface area is 148 Å². The van der Waals surface area contributed by atoms with E-state index in [1.54, 1.807) is 12.1 Å². The van der Waals surface area contributed by atoms with Crippen molar-refractivity contribution in [3.63, 3.8) is 0 Å². The zero-order valence-corrected chi connectivity index (χ0v) is 15.1. The lowest BCUT2D eigenvalue weighted by Gasteiger charge is -2.46. The summed E-state index contributed by atoms with van der Waals surface area (Å²) in [5, 5.41) is 1.05. The van der Waals surface area contributed by atoms with Gasteiger partial charge in [-0.05, 0) is 63.4 Å². The predicted octanol–water partition coefficient (Wildman–Crippen LogP) is 4.01. The molecule has 2 aliphatic heterocycles. The lowest BCUT2D eigenvalue weighted by atomic mass is 9.93. The molecule has 2 heterocycles. The van der Waals surface area contributed by atoms with Crippen molar-refractivity contribution in [2.24, 2.45) is 0 Å². The number of piperidine rings is 1. The first-order chi connectivity index (χ1) is 11.1. The highest BCUT2D eigenvalue weighted by molar-refractivity contribution is 6.42. The van der Waals surface area contributed by atoms with Crippen LogP contribution in [-0.4, -0.2) is 47.4 Å². The lowest BCUT2D eigenvalue weighted by Crippen LogP contribution is -2.57. The summed E-state index contributed by atoms with van der Waals surface area (Å²) < 4.78 is 0. The minimum atomic E-state index is 0.209. The maximum absolute atomic E-state index is 12.8. The monoisotopic (exact) mass is 354 g/mol. The van der Waals surface area contributed by atoms with Crippen LogP contribution < -0.4 is 0 Å². The minimum absolute atomic E-state index is 0.209. The maximum atomic E-state index is 12.8. The second kappa shape index (κ2) is 7.42. The van der Waals surface area contributed by atoms with Crippen molar-refractivity contribution in [1.29, 1.82) is 0 Å². The van der Waals surface area contributed by atoms with Crippen molar-refractivity contribution in [1.82, 2.24) is 9.80 Å². The molecule has 2 fully saturated rings. The normalized spacial score (nSPS) is 23.4. The van der Waals surface area contributed by atoms with E-state index in [-0.39, 0.29) is 5.91 Å². The molecule has 1 aromatic carbocycles. The summed E-state index contributed by atoms with van der Waals surface area (Å²) in [6.45, 7) is 5.50. The van der Waals surface area contributed by atoms with E-state index in [0.29, 0.717) is 28.5 Å². The van der Waals surface area contributed by atoms with Crippen LogP contribution in [0.25, 0.3) is 0 Å². The van der Waals surface area contributed by atoms with Gasteiger partial charge in [-0.15, -0.1) is 0 Å². The molecule has 0 aliphatic carbocycles. The number of benzene rings is 1. The van der Waals surface area contributed by atoms with E-state index in [2.05, 4.69) is 16.7 Å². The van der Waals surface area contributed by atoms with Crippen molar-refractivity contribution < 1.29 is 4.79 Å². The molecule has 5 heteroatoms. The van der Waals surface area contributed by atoms with Crippen LogP contribution in [0.2, 0.25) is 10.0 Å². The molecule has 0 radical (unpaired) electrons. The first kappa shape index (κ1) is 17.1. The van der Waals surface area contributed by atoms with Crippen LogP contribution in [0.1, 0.15) is 38.2 Å². The molecule has 23 heavy (non-hydrogen) atoms. The number of amides is 1. The van der Waals surface area contributed by atoms with E-state index in [9.17, 15) is 4.79 Å². The molecule has 1 amide bonds. The molecule has 0 N–H and O–H groups in total. The number of rotatable bonds is 4. The zero-order valence-electron chi connectivity index (χ0n) is 13.6. The van der Waals surface area contributed by atoms with Gasteiger partial charge >= 0.3 is 0 Å². The van der Waals surface area contributed by atoms with Gasteiger partial charge in [0.25, 0.3) is 0 Å². The van der Waals surface area contributed by atoms with Gasteiger partial charge in [-0.1, -0.05) is 29.3 Å². The van der Waals surface area contributed by atoms with E-state index in [1.807, 2.05) is 6.07 Å². The van der Waals surface area contributed by atoms with Crippen LogP contribution in [0.15, 0.2) is 18.2 Å². The van der Waals surface area contributed by atoms with Gasteiger partial charge in [0.15, 0.2) is 0 Å². The quantitative estimate of drug-likeness (QED) is 0.815. The number of nitrogens with zero attached hydrogens (tertiary/aromatic N) is 2. The Kier molecular flexibility index (Phi) is 5.50. The van der Waals surface area contributed by atoms with Gasteiger partial charge in [-0.3, -0.25) is 9.69 Å². The maximum Gasteiger partial charge on any atom is 0.227 e. The summed E-state index contributed by atoms with van der Waals surface area (Å²) >= 11 is 12.0. The van der Waals surface area contributed by atoms with Crippen molar-refractivity contribution in [2.45, 2.75) is 51.1 Å². The minimum Gasteiger partial charge on any atom is -0.338 e. The van der Waals surface area contributed by atoms with Gasteiger partial charge in [0.05, 0.1) is 16.5 Å². The summed E-state index contributed by atoms with van der Waals surface area (Å²) in [5.41, 5.74) is 0.935. The fourth-order valence-electron chi connectivity index (χ4n) is 3.69. The molecule has 0 saturated carbocycles. The third-order valence-electron chi connectivity index (χ3n) is 5.23. The Morgan fingerprint density at radius 2 is 1.96 bits per heavy atom. The van der Waals surface area contributed by atoms with Gasteiger partial charge in [0.2, 0.25) is 5.91 Å². The molecule has 2 aliphatic rings. The number of hydrogen-bond donors (Lipinski definition) is 0. The van der Waals surface area contributed by atoms with Gasteiger partial charge < -0.3 is 4.90 Å². The molecule has 126 valence electrons. The lowest BCUT2D eigenvalue weighted by molar-refractivity contribution is -0.136. The highest BCUT2D eigenvalue weighted by Crippen LogP contribution is 2.27. The average molecular weight is 355 g/mol. The van der Waals surface area contributed by atoms with E-state index in [4.69, 9.17) is 23.2 Å². The van der Waals surface area contributed by atoms with Crippen LogP contribution in [-0.2, 0) is 11.2 Å². The van der Waals surface area contributed by atoms with Crippen molar-refractivity contribution in [2.75, 3.05) is 19.6 Å². The Bertz CT molecular complexity index is 574. The molecule has 0 bridgehead atoms. The first-order valence-corrected chi connectivity index (χ1v) is 9.29. The molecule has 2 atom stereocenters. The van der Waals surface area contributed by atoms with Crippen LogP contribution >= 0.6 is 23.2 Å². The van der Waals surface area contributed by atoms with E-state index < -0.39 is 0 Å². The summed E-state index contributed by atoms with van der Waals surface area (Å²) in [6.07, 6.45) is 5.13. The molecule has 3 rings (SSSR count). The van der Waals surface area contributed by atoms with Crippen LogP contribution in [0.5, 0.6) is 0 Å². The zero-order chi connectivity index (χ0) is 16.4. The van der Waals surface area contributed by atoms with E-state index in [1.165, 1.54) is 25.9 Å². The Morgan fingerprint density at radius 1 is 1.17 bits per heavy atom. The number of hydrogen-bond acceptors (Lipinski definition) is 2. The number of halogens is 2. The summed E-state index contributed by atoms with van der Waals surface area (Å²) in [4.78, 5) is 17.4. The third kappa shape index (κ3) is 3.84. The molecule has 1 unspecified atom stereocenters. The highest BCUT2D eigenvalue weighted by Gasteiger charge is 2.35. The molecule has 3 nitrogen and oxygen atoms in total. The molecule has 1 aromatic rings. The molecule has 0 spiro atoms. The standard InChI is InChI=1S/C18H24Cl2N2O/c1-13(21-8-4-9-21)17-5-2-3-10-22(17)18(23)12-14-6-7-15(19)16(20)11-14/h6-7,11,13,17H,2-5,8-10,12H2,1H3/t13-,17?/m1/s1. The molecule has 0 aromatic heterocycles. The van der Waals surface area contributed by atoms with E-state index in [0.717, 1.165) is 24.9 Å². The number of likely N-dealkylation sites (tertiary alicyclic amines) is 2. The van der Waals surface area contributed by atoms with Gasteiger partial charge in [-0.2, -0.15) is 0 Å². The largest absolute Gasteiger partial charge is 0.338 e. The molecular weight excluding hydrogens is 331 g/mol. The smallest absolute Gasteiger partial charge is 0.227 e. The predicted molar refractivity (Wildman–Crippen MR) is 95.2 cm³/mol. The van der Waals surface area contributed by atoms with Crippen molar-refractivity contribution in [3.05, 3.63) is 33.8 Å². The van der Waals surface area contributed by atoms with E-state index >= 15 is 0 Å². The highest BCUT2D eigenvalue weighted by atomic mass is 35.5. The summed E-state index contributed by atoms with van der Waals surface area (Å²) in [6, 6.07) is 6.27. The van der Waals surface area contributed by atoms with Crippen molar-refractivity contribution in [3.8, 4) is 0 Å². The molecular formula is C18H24Cl2N2O. The van der Waals surface area contributed by atoms with Crippen LogP contribution in [0.4, 0.5) is 0 Å². The number of carbonyl (C=O) groups is 1. The van der Waals surface area contributed by atoms with Crippen molar-refractivity contribution >= 4 is 29.1 Å². The third-order valence-corrected chi connectivity index (χ3v) is 5.97. The SMILES string of the molecule is C[C@H](C1CCCCN1C(=O)Cc1ccc(Cl)c(Cl)c1)N1CCC1. The fourth-order valence-corrected chi connectivity index (χ4v) is 4.01. The Morgan fingerprint density at radius 3 is 2.61 bits per heavy atom. The Hall–Kier alpha value is -0.770. The summed E-state index contributed by atoms with van der Waals surface area (Å²) in [7, 11) is 0. The second-order valence-electron chi connectivity index (χ2n) is 6.71. The van der Waals surface area contributed by atoms with Gasteiger partial charge in [-0.25, -0.2) is 0 Å². The Balaban J connectivity index is 1.69. The van der Waals surface area contributed by atoms with Gasteiger partial charge in [0.1, 0.15) is 0 Å². The summed E-state index contributed by atoms with van der Waals surface area (Å²) in [5.74, 6) is 0.209. The first-order valence-electron chi connectivity index (χ1n) is 8.53. The van der Waals surface area contributed by atoms with Crippen LogP contribution in [0.3, 0.4) is 0 Å². The van der Waals surface area contributed by atoms with Gasteiger partial charge in [0, 0.05) is 18.6 Å².